The fraction of sp³-hybridized carbons (Fsp3) is 0.273. The van der Waals surface area contributed by atoms with Gasteiger partial charge < -0.3 is 9.47 Å². The van der Waals surface area contributed by atoms with Crippen molar-refractivity contribution < 1.29 is 23.5 Å². The highest BCUT2D eigenvalue weighted by atomic mass is 19.1. The highest BCUT2D eigenvalue weighted by Gasteiger charge is 2.36. The van der Waals surface area contributed by atoms with Crippen molar-refractivity contribution in [1.29, 1.82) is 0 Å². The second-order valence-corrected chi connectivity index (χ2v) is 3.41. The molecule has 1 aromatic carbocycles. The Bertz CT molecular complexity index is 455. The van der Waals surface area contributed by atoms with Crippen LogP contribution in [0, 0.1) is 5.82 Å². The number of hydrogen-bond donors (Lipinski definition) is 0. The molecule has 1 aromatic rings. The molecule has 0 amide bonds. The second-order valence-electron chi connectivity index (χ2n) is 3.41. The number of cyclic esters (lactones) is 2. The van der Waals surface area contributed by atoms with Crippen LogP contribution in [0.3, 0.4) is 0 Å². The van der Waals surface area contributed by atoms with E-state index in [1.807, 2.05) is 0 Å². The molecule has 2 rings (SSSR count). The summed E-state index contributed by atoms with van der Waals surface area (Å²) in [5.41, 5.74) is 0.346. The van der Waals surface area contributed by atoms with Crippen molar-refractivity contribution in [2.75, 3.05) is 7.11 Å². The number of esters is 2. The van der Waals surface area contributed by atoms with E-state index in [1.54, 1.807) is 6.07 Å². The van der Waals surface area contributed by atoms with Gasteiger partial charge in [0.25, 0.3) is 0 Å². The predicted molar refractivity (Wildman–Crippen MR) is 51.4 cm³/mol. The summed E-state index contributed by atoms with van der Waals surface area (Å²) in [6, 6.07) is 4.24. The van der Waals surface area contributed by atoms with Gasteiger partial charge in [-0.2, -0.15) is 0 Å². The van der Waals surface area contributed by atoms with Crippen LogP contribution in [0.15, 0.2) is 18.2 Å². The minimum Gasteiger partial charge on any atom is -0.493 e. The molecule has 1 heterocycles. The zero-order valence-electron chi connectivity index (χ0n) is 8.53. The van der Waals surface area contributed by atoms with Crippen LogP contribution in [0.4, 0.5) is 4.39 Å². The Hall–Kier alpha value is -1.91. The quantitative estimate of drug-likeness (QED) is 0.562. The zero-order chi connectivity index (χ0) is 11.7. The first-order valence-electron chi connectivity index (χ1n) is 4.70. The topological polar surface area (TPSA) is 52.6 Å². The maximum absolute atomic E-state index is 13.4. The number of ether oxygens (including phenoxy) is 2. The first-order chi connectivity index (χ1) is 7.63. The molecule has 1 atom stereocenters. The molecule has 4 nitrogen and oxygen atoms in total. The Kier molecular flexibility index (Phi) is 2.60. The first-order valence-corrected chi connectivity index (χ1v) is 4.70. The van der Waals surface area contributed by atoms with E-state index in [9.17, 15) is 14.0 Å². The summed E-state index contributed by atoms with van der Waals surface area (Å²) in [5.74, 6) is -2.60. The number of benzene rings is 1. The number of para-hydroxylation sites is 1. The van der Waals surface area contributed by atoms with Gasteiger partial charge in [0, 0.05) is 5.56 Å². The Morgan fingerprint density at radius 1 is 1.44 bits per heavy atom. The highest BCUT2D eigenvalue weighted by Crippen LogP contribution is 2.35. The van der Waals surface area contributed by atoms with Gasteiger partial charge in [0.15, 0.2) is 11.6 Å². The van der Waals surface area contributed by atoms with Crippen LogP contribution in [0.25, 0.3) is 0 Å². The molecule has 1 fully saturated rings. The lowest BCUT2D eigenvalue weighted by molar-refractivity contribution is -0.152. The van der Waals surface area contributed by atoms with Crippen molar-refractivity contribution in [3.63, 3.8) is 0 Å². The largest absolute Gasteiger partial charge is 0.493 e. The first kappa shape index (κ1) is 10.6. The molecule has 0 bridgehead atoms. The van der Waals surface area contributed by atoms with Gasteiger partial charge in [-0.15, -0.1) is 0 Å². The summed E-state index contributed by atoms with van der Waals surface area (Å²) >= 11 is 0. The summed E-state index contributed by atoms with van der Waals surface area (Å²) in [4.78, 5) is 22.3. The van der Waals surface area contributed by atoms with Crippen molar-refractivity contribution >= 4 is 11.9 Å². The molecule has 1 aliphatic rings. The number of halogens is 1. The van der Waals surface area contributed by atoms with Gasteiger partial charge in [-0.25, -0.2) is 4.39 Å². The highest BCUT2D eigenvalue weighted by molar-refractivity contribution is 5.98. The van der Waals surface area contributed by atoms with Crippen LogP contribution in [-0.2, 0) is 14.3 Å². The third-order valence-corrected chi connectivity index (χ3v) is 2.45. The molecule has 0 spiro atoms. The standard InChI is InChI=1S/C11H9FO4/c1-15-10-6(3-2-4-8(10)12)7-5-9(13)16-11(7)14/h2-4,7H,5H2,1H3. The molecule has 1 aliphatic heterocycles. The molecule has 0 N–H and O–H groups in total. The molecule has 0 aromatic heterocycles. The second kappa shape index (κ2) is 3.92. The van der Waals surface area contributed by atoms with Gasteiger partial charge >= 0.3 is 11.9 Å². The van der Waals surface area contributed by atoms with Gasteiger partial charge in [0.2, 0.25) is 0 Å². The zero-order valence-corrected chi connectivity index (χ0v) is 8.53. The van der Waals surface area contributed by atoms with E-state index in [-0.39, 0.29) is 12.2 Å². The monoisotopic (exact) mass is 224 g/mol. The van der Waals surface area contributed by atoms with Gasteiger partial charge in [-0.3, -0.25) is 9.59 Å². The number of carbonyl (C=O) groups excluding carboxylic acids is 2. The Balaban J connectivity index is 2.44. The van der Waals surface area contributed by atoms with E-state index in [4.69, 9.17) is 4.74 Å². The van der Waals surface area contributed by atoms with E-state index >= 15 is 0 Å². The predicted octanol–water partition coefficient (Wildman–Crippen LogP) is 1.39. The van der Waals surface area contributed by atoms with Crippen molar-refractivity contribution in [3.8, 4) is 5.75 Å². The van der Waals surface area contributed by atoms with Crippen molar-refractivity contribution in [2.24, 2.45) is 0 Å². The molecular formula is C11H9FO4. The van der Waals surface area contributed by atoms with Crippen molar-refractivity contribution in [3.05, 3.63) is 29.6 Å². The van der Waals surface area contributed by atoms with Gasteiger partial charge in [-0.1, -0.05) is 12.1 Å². The summed E-state index contributed by atoms with van der Waals surface area (Å²) in [6.45, 7) is 0. The summed E-state index contributed by atoms with van der Waals surface area (Å²) in [6.07, 6.45) is -0.0708. The number of carbonyl (C=O) groups is 2. The lowest BCUT2D eigenvalue weighted by atomic mass is 9.96. The summed E-state index contributed by atoms with van der Waals surface area (Å²) in [7, 11) is 1.31. The van der Waals surface area contributed by atoms with Crippen LogP contribution in [0.1, 0.15) is 17.9 Å². The molecular weight excluding hydrogens is 215 g/mol. The van der Waals surface area contributed by atoms with Crippen LogP contribution in [0.5, 0.6) is 5.75 Å². The molecule has 1 saturated heterocycles. The van der Waals surface area contributed by atoms with Crippen LogP contribution in [-0.4, -0.2) is 19.0 Å². The van der Waals surface area contributed by atoms with E-state index in [0.717, 1.165) is 0 Å². The number of methoxy groups -OCH3 is 1. The van der Waals surface area contributed by atoms with E-state index < -0.39 is 23.7 Å². The third-order valence-electron chi connectivity index (χ3n) is 2.45. The minimum atomic E-state index is -0.766. The van der Waals surface area contributed by atoms with Crippen LogP contribution < -0.4 is 4.74 Å². The maximum Gasteiger partial charge on any atom is 0.321 e. The maximum atomic E-state index is 13.4. The number of rotatable bonds is 2. The fourth-order valence-electron chi connectivity index (χ4n) is 1.73. The lowest BCUT2D eigenvalue weighted by Crippen LogP contribution is -2.08. The van der Waals surface area contributed by atoms with Crippen LogP contribution >= 0.6 is 0 Å². The smallest absolute Gasteiger partial charge is 0.321 e. The molecule has 1 unspecified atom stereocenters. The van der Waals surface area contributed by atoms with Gasteiger partial charge in [-0.05, 0) is 6.07 Å². The normalized spacial score (nSPS) is 19.8. The molecule has 0 aliphatic carbocycles. The van der Waals surface area contributed by atoms with Gasteiger partial charge in [0.05, 0.1) is 19.4 Å². The molecule has 84 valence electrons. The van der Waals surface area contributed by atoms with Crippen molar-refractivity contribution in [2.45, 2.75) is 12.3 Å². The minimum absolute atomic E-state index is 0.0147. The number of hydrogen-bond acceptors (Lipinski definition) is 4. The average Bonchev–Trinajstić information content (AvgIpc) is 2.57. The summed E-state index contributed by atoms with van der Waals surface area (Å²) < 4.78 is 22.7. The van der Waals surface area contributed by atoms with Gasteiger partial charge in [0.1, 0.15) is 0 Å². The molecule has 0 radical (unpaired) electrons. The average molecular weight is 224 g/mol. The summed E-state index contributed by atoms with van der Waals surface area (Å²) in [5, 5.41) is 0. The third kappa shape index (κ3) is 1.64. The Morgan fingerprint density at radius 2 is 2.19 bits per heavy atom. The molecule has 5 heteroatoms. The SMILES string of the molecule is COc1c(F)cccc1C1CC(=O)OC1=O. The Labute approximate surface area is 91.0 Å². The van der Waals surface area contributed by atoms with E-state index in [2.05, 4.69) is 4.74 Å². The van der Waals surface area contributed by atoms with E-state index in [0.29, 0.717) is 5.56 Å². The van der Waals surface area contributed by atoms with Crippen molar-refractivity contribution in [1.82, 2.24) is 0 Å². The fourth-order valence-corrected chi connectivity index (χ4v) is 1.73. The van der Waals surface area contributed by atoms with E-state index in [1.165, 1.54) is 19.2 Å². The van der Waals surface area contributed by atoms with Crippen LogP contribution in [0.2, 0.25) is 0 Å². The Morgan fingerprint density at radius 3 is 2.75 bits per heavy atom. The molecule has 0 saturated carbocycles. The molecule has 16 heavy (non-hydrogen) atoms. The lowest BCUT2D eigenvalue weighted by Gasteiger charge is -2.11.